The number of benzene rings is 2. The smallest absolute Gasteiger partial charge is 0.315 e. The topological polar surface area (TPSA) is 61.4 Å². The molecule has 1 aliphatic carbocycles. The number of fused-ring (bicyclic) bond motifs is 1. The number of amides is 2. The molecule has 0 radical (unpaired) electrons. The van der Waals surface area contributed by atoms with E-state index in [1.165, 1.54) is 11.3 Å². The second-order valence-corrected chi connectivity index (χ2v) is 7.80. The molecule has 134 valence electrons. The molecule has 0 spiro atoms. The number of carbonyl (C=O) groups excluding carboxylic acids is 1. The highest BCUT2D eigenvalue weighted by atomic mass is 32.1. The first-order valence-corrected chi connectivity index (χ1v) is 9.79. The van der Waals surface area contributed by atoms with Crippen molar-refractivity contribution in [1.29, 1.82) is 0 Å². The van der Waals surface area contributed by atoms with Crippen LogP contribution in [0.2, 0.25) is 0 Å². The molecule has 4 rings (SSSR count). The van der Waals surface area contributed by atoms with E-state index in [1.54, 1.807) is 0 Å². The van der Waals surface area contributed by atoms with Crippen LogP contribution in [0.5, 0.6) is 0 Å². The van der Waals surface area contributed by atoms with E-state index >= 15 is 0 Å². The van der Waals surface area contributed by atoms with Crippen LogP contribution in [0.4, 0.5) is 4.79 Å². The van der Waals surface area contributed by atoms with E-state index in [4.69, 9.17) is 0 Å². The van der Waals surface area contributed by atoms with Crippen molar-refractivity contribution < 1.29 is 9.90 Å². The first-order chi connectivity index (χ1) is 12.7. The molecule has 1 saturated carbocycles. The summed E-state index contributed by atoms with van der Waals surface area (Å²) in [6.07, 6.45) is 2.02. The molecule has 0 aliphatic heterocycles. The van der Waals surface area contributed by atoms with Gasteiger partial charge in [-0.25, -0.2) is 4.79 Å². The predicted molar refractivity (Wildman–Crippen MR) is 105 cm³/mol. The summed E-state index contributed by atoms with van der Waals surface area (Å²) in [5.74, 6) is 0.236. The SMILES string of the molecule is O=C(NCc1cccc2ccccc12)NC[C@](O)(c1cccs1)C1CC1. The van der Waals surface area contributed by atoms with Crippen molar-refractivity contribution >= 4 is 28.1 Å². The molecule has 4 nitrogen and oxygen atoms in total. The van der Waals surface area contributed by atoms with Crippen LogP contribution in [-0.2, 0) is 12.1 Å². The van der Waals surface area contributed by atoms with Crippen molar-refractivity contribution in [3.05, 3.63) is 70.4 Å². The number of thiophene rings is 1. The molecule has 2 amide bonds. The third-order valence-corrected chi connectivity index (χ3v) is 6.08. The lowest BCUT2D eigenvalue weighted by Crippen LogP contribution is -2.45. The third kappa shape index (κ3) is 3.45. The molecule has 1 aromatic heterocycles. The minimum Gasteiger partial charge on any atom is -0.382 e. The van der Waals surface area contributed by atoms with Gasteiger partial charge in [0.2, 0.25) is 0 Å². The summed E-state index contributed by atoms with van der Waals surface area (Å²) < 4.78 is 0. The van der Waals surface area contributed by atoms with Crippen LogP contribution >= 0.6 is 11.3 Å². The fourth-order valence-electron chi connectivity index (χ4n) is 3.42. The van der Waals surface area contributed by atoms with Crippen LogP contribution in [0.15, 0.2) is 60.0 Å². The average molecular weight is 366 g/mol. The zero-order chi connectivity index (χ0) is 18.0. The van der Waals surface area contributed by atoms with Gasteiger partial charge in [0, 0.05) is 11.4 Å². The highest BCUT2D eigenvalue weighted by Crippen LogP contribution is 2.46. The summed E-state index contributed by atoms with van der Waals surface area (Å²) in [5, 5.41) is 21.1. The van der Waals surface area contributed by atoms with E-state index in [0.717, 1.165) is 34.1 Å². The van der Waals surface area contributed by atoms with Crippen LogP contribution in [0.1, 0.15) is 23.3 Å². The van der Waals surface area contributed by atoms with Gasteiger partial charge in [0.25, 0.3) is 0 Å². The van der Waals surface area contributed by atoms with Crippen LogP contribution in [-0.4, -0.2) is 17.7 Å². The van der Waals surface area contributed by atoms with Crippen molar-refractivity contribution in [2.24, 2.45) is 5.92 Å². The Kier molecular flexibility index (Phi) is 4.66. The fourth-order valence-corrected chi connectivity index (χ4v) is 4.32. The lowest BCUT2D eigenvalue weighted by molar-refractivity contribution is 0.0196. The standard InChI is InChI=1S/C21H22N2O2S/c24-20(22-13-16-7-3-6-15-5-1-2-8-18(15)16)23-14-21(25,17-10-11-17)19-9-4-12-26-19/h1-9,12,17,25H,10-11,13-14H2,(H2,22,23,24)/t21-/m1/s1. The lowest BCUT2D eigenvalue weighted by Gasteiger charge is -2.27. The number of hydrogen-bond acceptors (Lipinski definition) is 3. The van der Waals surface area contributed by atoms with Gasteiger partial charge in [-0.1, -0.05) is 48.5 Å². The van der Waals surface area contributed by atoms with Gasteiger partial charge in [0.15, 0.2) is 0 Å². The molecule has 3 N–H and O–H groups in total. The number of nitrogens with one attached hydrogen (secondary N) is 2. The minimum atomic E-state index is -0.953. The Hall–Kier alpha value is -2.37. The van der Waals surface area contributed by atoms with E-state index in [9.17, 15) is 9.90 Å². The number of carbonyl (C=O) groups is 1. The van der Waals surface area contributed by atoms with Gasteiger partial charge in [-0.3, -0.25) is 0 Å². The van der Waals surface area contributed by atoms with Crippen LogP contribution in [0.3, 0.4) is 0 Å². The van der Waals surface area contributed by atoms with E-state index in [2.05, 4.69) is 28.8 Å². The van der Waals surface area contributed by atoms with Gasteiger partial charge in [0.05, 0.1) is 6.54 Å². The average Bonchev–Trinajstić information content (AvgIpc) is 3.39. The number of urea groups is 1. The maximum atomic E-state index is 12.3. The molecule has 1 fully saturated rings. The summed E-state index contributed by atoms with van der Waals surface area (Å²) in [6.45, 7) is 0.688. The molecular weight excluding hydrogens is 344 g/mol. The molecule has 0 bridgehead atoms. The van der Waals surface area contributed by atoms with E-state index in [0.29, 0.717) is 6.54 Å². The van der Waals surface area contributed by atoms with Crippen molar-refractivity contribution in [1.82, 2.24) is 10.6 Å². The first kappa shape index (κ1) is 17.1. The van der Waals surface area contributed by atoms with E-state index < -0.39 is 5.60 Å². The molecule has 26 heavy (non-hydrogen) atoms. The Morgan fingerprint density at radius 1 is 1.08 bits per heavy atom. The van der Waals surface area contributed by atoms with Gasteiger partial charge in [-0.15, -0.1) is 11.3 Å². The Labute approximate surface area is 156 Å². The lowest BCUT2D eigenvalue weighted by atomic mass is 9.96. The second-order valence-electron chi connectivity index (χ2n) is 6.85. The summed E-state index contributed by atoms with van der Waals surface area (Å²) in [4.78, 5) is 13.2. The number of rotatable bonds is 6. The molecule has 5 heteroatoms. The van der Waals surface area contributed by atoms with Crippen molar-refractivity contribution in [3.63, 3.8) is 0 Å². The third-order valence-electron chi connectivity index (χ3n) is 5.04. The maximum Gasteiger partial charge on any atom is 0.315 e. The van der Waals surface area contributed by atoms with Gasteiger partial charge in [-0.05, 0) is 46.5 Å². The molecule has 0 saturated heterocycles. The second kappa shape index (κ2) is 7.09. The normalized spacial score (nSPS) is 16.2. The summed E-state index contributed by atoms with van der Waals surface area (Å²) in [5.41, 5.74) is 0.124. The number of hydrogen-bond donors (Lipinski definition) is 3. The van der Waals surface area contributed by atoms with E-state index in [1.807, 2.05) is 41.8 Å². The Balaban J connectivity index is 1.38. The molecule has 1 heterocycles. The van der Waals surface area contributed by atoms with Crippen molar-refractivity contribution in [2.45, 2.75) is 25.0 Å². The Morgan fingerprint density at radius 3 is 2.65 bits per heavy atom. The maximum absolute atomic E-state index is 12.3. The quantitative estimate of drug-likeness (QED) is 0.617. The summed E-state index contributed by atoms with van der Waals surface area (Å²) in [6, 6.07) is 17.9. The highest BCUT2D eigenvalue weighted by Gasteiger charge is 2.45. The Morgan fingerprint density at radius 2 is 1.88 bits per heavy atom. The molecule has 2 aromatic carbocycles. The monoisotopic (exact) mass is 366 g/mol. The van der Waals surface area contributed by atoms with Crippen molar-refractivity contribution in [2.75, 3.05) is 6.54 Å². The Bertz CT molecular complexity index is 900. The summed E-state index contributed by atoms with van der Waals surface area (Å²) in [7, 11) is 0. The zero-order valence-corrected chi connectivity index (χ0v) is 15.3. The van der Waals surface area contributed by atoms with E-state index in [-0.39, 0.29) is 18.5 Å². The van der Waals surface area contributed by atoms with Crippen LogP contribution < -0.4 is 10.6 Å². The molecule has 0 unspecified atom stereocenters. The van der Waals surface area contributed by atoms with Gasteiger partial charge >= 0.3 is 6.03 Å². The minimum absolute atomic E-state index is 0.236. The molecular formula is C21H22N2O2S. The molecule has 1 atom stereocenters. The molecule has 1 aliphatic rings. The molecule has 3 aromatic rings. The van der Waals surface area contributed by atoms with Crippen LogP contribution in [0, 0.1) is 5.92 Å². The zero-order valence-electron chi connectivity index (χ0n) is 14.4. The van der Waals surface area contributed by atoms with Gasteiger partial charge in [0.1, 0.15) is 5.60 Å². The predicted octanol–water partition coefficient (Wildman–Crippen LogP) is 4.00. The van der Waals surface area contributed by atoms with Crippen LogP contribution in [0.25, 0.3) is 10.8 Å². The summed E-state index contributed by atoms with van der Waals surface area (Å²) >= 11 is 1.54. The number of aliphatic hydroxyl groups is 1. The first-order valence-electron chi connectivity index (χ1n) is 8.91. The largest absolute Gasteiger partial charge is 0.382 e. The highest BCUT2D eigenvalue weighted by molar-refractivity contribution is 7.10. The van der Waals surface area contributed by atoms with Crippen molar-refractivity contribution in [3.8, 4) is 0 Å². The van der Waals surface area contributed by atoms with Gasteiger partial charge < -0.3 is 15.7 Å². The fraction of sp³-hybridized carbons (Fsp3) is 0.286. The van der Waals surface area contributed by atoms with Gasteiger partial charge in [-0.2, -0.15) is 0 Å².